The number of nitrogens with one attached hydrogen (secondary N) is 1. The standard InChI is InChI=1S/C24H26N4O3S/c1-17-2-6-19(7-3-17)24-27-26-22(31-24)11-10-21(29)25-20-8-4-18(5-9-20)16-23(30)28-12-14-32-15-13-28/h2-9H,10-16H2,1H3,(H,25,29). The van der Waals surface area contributed by atoms with Crippen LogP contribution in [0.25, 0.3) is 11.5 Å². The van der Waals surface area contributed by atoms with Gasteiger partial charge in [-0.3, -0.25) is 9.59 Å². The summed E-state index contributed by atoms with van der Waals surface area (Å²) in [6.07, 6.45) is 0.994. The Kier molecular flexibility index (Phi) is 7.21. The first-order valence-electron chi connectivity index (χ1n) is 10.7. The van der Waals surface area contributed by atoms with Crippen LogP contribution in [0.5, 0.6) is 0 Å². The number of hydrogen-bond acceptors (Lipinski definition) is 6. The van der Waals surface area contributed by atoms with Gasteiger partial charge < -0.3 is 14.6 Å². The number of thioether (sulfide) groups is 1. The minimum Gasteiger partial charge on any atom is -0.421 e. The van der Waals surface area contributed by atoms with Crippen molar-refractivity contribution >= 4 is 29.3 Å². The highest BCUT2D eigenvalue weighted by Crippen LogP contribution is 2.19. The van der Waals surface area contributed by atoms with Crippen molar-refractivity contribution in [1.29, 1.82) is 0 Å². The van der Waals surface area contributed by atoms with E-state index in [9.17, 15) is 9.59 Å². The maximum Gasteiger partial charge on any atom is 0.247 e. The molecule has 0 radical (unpaired) electrons. The Morgan fingerprint density at radius 2 is 1.75 bits per heavy atom. The van der Waals surface area contributed by atoms with Crippen LogP contribution in [0, 0.1) is 6.92 Å². The number of hydrogen-bond donors (Lipinski definition) is 1. The number of rotatable bonds is 7. The molecule has 8 heteroatoms. The molecule has 1 saturated heterocycles. The third-order valence-corrected chi connectivity index (χ3v) is 6.23. The second-order valence-electron chi connectivity index (χ2n) is 7.78. The van der Waals surface area contributed by atoms with Crippen molar-refractivity contribution in [3.63, 3.8) is 0 Å². The van der Waals surface area contributed by atoms with Crippen molar-refractivity contribution in [3.05, 3.63) is 65.5 Å². The summed E-state index contributed by atoms with van der Waals surface area (Å²) in [4.78, 5) is 26.6. The molecule has 1 aliphatic heterocycles. The van der Waals surface area contributed by atoms with E-state index in [-0.39, 0.29) is 18.2 Å². The van der Waals surface area contributed by atoms with Crippen molar-refractivity contribution in [2.75, 3.05) is 29.9 Å². The first kappa shape index (κ1) is 22.1. The molecular weight excluding hydrogens is 424 g/mol. The summed E-state index contributed by atoms with van der Waals surface area (Å²) < 4.78 is 5.67. The van der Waals surface area contributed by atoms with Gasteiger partial charge in [0.15, 0.2) is 0 Å². The zero-order valence-electron chi connectivity index (χ0n) is 18.0. The molecule has 0 bridgehead atoms. The molecule has 2 heterocycles. The Labute approximate surface area is 191 Å². The molecule has 166 valence electrons. The van der Waals surface area contributed by atoms with Gasteiger partial charge in [0.2, 0.25) is 23.6 Å². The average molecular weight is 451 g/mol. The smallest absolute Gasteiger partial charge is 0.247 e. The van der Waals surface area contributed by atoms with Gasteiger partial charge >= 0.3 is 0 Å². The molecule has 2 amide bonds. The molecule has 32 heavy (non-hydrogen) atoms. The molecule has 0 aliphatic carbocycles. The highest BCUT2D eigenvalue weighted by Gasteiger charge is 2.17. The van der Waals surface area contributed by atoms with Crippen molar-refractivity contribution < 1.29 is 14.0 Å². The summed E-state index contributed by atoms with van der Waals surface area (Å²) in [5.41, 5.74) is 3.66. The van der Waals surface area contributed by atoms with Crippen LogP contribution < -0.4 is 5.32 Å². The van der Waals surface area contributed by atoms with E-state index in [0.717, 1.165) is 41.3 Å². The van der Waals surface area contributed by atoms with E-state index in [1.54, 1.807) is 0 Å². The van der Waals surface area contributed by atoms with Gasteiger partial charge in [-0.25, -0.2) is 0 Å². The fourth-order valence-corrected chi connectivity index (χ4v) is 4.32. The summed E-state index contributed by atoms with van der Waals surface area (Å²) in [6, 6.07) is 15.3. The molecule has 0 unspecified atom stereocenters. The van der Waals surface area contributed by atoms with E-state index in [1.807, 2.05) is 72.1 Å². The first-order valence-corrected chi connectivity index (χ1v) is 11.9. The second-order valence-corrected chi connectivity index (χ2v) is 9.01. The zero-order valence-corrected chi connectivity index (χ0v) is 18.9. The minimum absolute atomic E-state index is 0.130. The van der Waals surface area contributed by atoms with E-state index in [2.05, 4.69) is 15.5 Å². The topological polar surface area (TPSA) is 88.3 Å². The monoisotopic (exact) mass is 450 g/mol. The largest absolute Gasteiger partial charge is 0.421 e. The minimum atomic E-state index is -0.130. The van der Waals surface area contributed by atoms with Gasteiger partial charge in [0.05, 0.1) is 6.42 Å². The molecule has 1 aromatic heterocycles. The summed E-state index contributed by atoms with van der Waals surface area (Å²) in [7, 11) is 0. The fourth-order valence-electron chi connectivity index (χ4n) is 3.42. The number of anilines is 1. The average Bonchev–Trinajstić information content (AvgIpc) is 3.29. The summed E-state index contributed by atoms with van der Waals surface area (Å²) in [6.45, 7) is 3.66. The number of aryl methyl sites for hydroxylation is 2. The van der Waals surface area contributed by atoms with Gasteiger partial charge in [-0.1, -0.05) is 29.8 Å². The SMILES string of the molecule is Cc1ccc(-c2nnc(CCC(=O)Nc3ccc(CC(=O)N4CCSCC4)cc3)o2)cc1. The quantitative estimate of drug-likeness (QED) is 0.590. The highest BCUT2D eigenvalue weighted by molar-refractivity contribution is 7.99. The third-order valence-electron chi connectivity index (χ3n) is 5.29. The molecule has 3 aromatic rings. The molecule has 0 saturated carbocycles. The normalized spacial score (nSPS) is 13.7. The Bertz CT molecular complexity index is 1060. The summed E-state index contributed by atoms with van der Waals surface area (Å²) >= 11 is 1.89. The molecule has 1 N–H and O–H groups in total. The van der Waals surface area contributed by atoms with E-state index in [4.69, 9.17) is 4.42 Å². The van der Waals surface area contributed by atoms with Gasteiger partial charge in [0, 0.05) is 48.7 Å². The molecule has 0 atom stereocenters. The Balaban J connectivity index is 1.24. The first-order chi connectivity index (χ1) is 15.6. The van der Waals surface area contributed by atoms with Gasteiger partial charge in [-0.05, 0) is 36.8 Å². The van der Waals surface area contributed by atoms with E-state index < -0.39 is 0 Å². The van der Waals surface area contributed by atoms with E-state index in [0.29, 0.717) is 30.3 Å². The van der Waals surface area contributed by atoms with Gasteiger partial charge in [-0.15, -0.1) is 10.2 Å². The lowest BCUT2D eigenvalue weighted by atomic mass is 10.1. The highest BCUT2D eigenvalue weighted by atomic mass is 32.2. The van der Waals surface area contributed by atoms with Crippen LogP contribution in [0.15, 0.2) is 52.9 Å². The number of amides is 2. The number of aromatic nitrogens is 2. The van der Waals surface area contributed by atoms with E-state index >= 15 is 0 Å². The molecule has 2 aromatic carbocycles. The molecule has 0 spiro atoms. The van der Waals surface area contributed by atoms with Gasteiger partial charge in [-0.2, -0.15) is 11.8 Å². The summed E-state index contributed by atoms with van der Waals surface area (Å²) in [5.74, 6) is 2.93. The number of carbonyl (C=O) groups excluding carboxylic acids is 2. The summed E-state index contributed by atoms with van der Waals surface area (Å²) in [5, 5.41) is 11.0. The lowest BCUT2D eigenvalue weighted by Gasteiger charge is -2.26. The van der Waals surface area contributed by atoms with Gasteiger partial charge in [0.25, 0.3) is 0 Å². The maximum atomic E-state index is 12.4. The number of nitrogens with zero attached hydrogens (tertiary/aromatic N) is 3. The zero-order chi connectivity index (χ0) is 22.3. The lowest BCUT2D eigenvalue weighted by Crippen LogP contribution is -2.38. The van der Waals surface area contributed by atoms with Crippen molar-refractivity contribution in [3.8, 4) is 11.5 Å². The molecule has 7 nitrogen and oxygen atoms in total. The van der Waals surface area contributed by atoms with Crippen LogP contribution >= 0.6 is 11.8 Å². The molecule has 1 fully saturated rings. The fraction of sp³-hybridized carbons (Fsp3) is 0.333. The number of benzene rings is 2. The molecule has 4 rings (SSSR count). The van der Waals surface area contributed by atoms with Crippen LogP contribution in [0.4, 0.5) is 5.69 Å². The number of carbonyl (C=O) groups is 2. The molecular formula is C24H26N4O3S. The van der Waals surface area contributed by atoms with Crippen LogP contribution in [0.2, 0.25) is 0 Å². The second kappa shape index (κ2) is 10.5. The van der Waals surface area contributed by atoms with Crippen molar-refractivity contribution in [2.45, 2.75) is 26.2 Å². The molecule has 1 aliphatic rings. The Morgan fingerprint density at radius 1 is 1.03 bits per heavy atom. The van der Waals surface area contributed by atoms with Crippen LogP contribution in [0.3, 0.4) is 0 Å². The Hall–Kier alpha value is -3.13. The van der Waals surface area contributed by atoms with Crippen molar-refractivity contribution in [2.24, 2.45) is 0 Å². The lowest BCUT2D eigenvalue weighted by molar-refractivity contribution is -0.130. The van der Waals surface area contributed by atoms with Gasteiger partial charge in [0.1, 0.15) is 0 Å². The van der Waals surface area contributed by atoms with Crippen LogP contribution in [0.1, 0.15) is 23.4 Å². The predicted molar refractivity (Wildman–Crippen MR) is 125 cm³/mol. The van der Waals surface area contributed by atoms with E-state index in [1.165, 1.54) is 0 Å². The van der Waals surface area contributed by atoms with Crippen molar-refractivity contribution in [1.82, 2.24) is 15.1 Å². The van der Waals surface area contributed by atoms with Crippen LogP contribution in [-0.4, -0.2) is 51.5 Å². The van der Waals surface area contributed by atoms with Crippen LogP contribution in [-0.2, 0) is 22.4 Å². The third kappa shape index (κ3) is 5.97. The maximum absolute atomic E-state index is 12.4. The Morgan fingerprint density at radius 3 is 2.47 bits per heavy atom. The predicted octanol–water partition coefficient (Wildman–Crippen LogP) is 3.73.